The lowest BCUT2D eigenvalue weighted by molar-refractivity contribution is -0.138. The lowest BCUT2D eigenvalue weighted by Crippen LogP contribution is -2.04. The number of rotatable bonds is 0. The molecule has 8 heavy (non-hydrogen) atoms. The van der Waals surface area contributed by atoms with E-state index in [1.807, 2.05) is 0 Å². The lowest BCUT2D eigenvalue weighted by atomic mass is 10.3. The predicted octanol–water partition coefficient (Wildman–Crippen LogP) is 0.223. The van der Waals surface area contributed by atoms with Crippen LogP contribution in [0, 0.1) is 0 Å². The van der Waals surface area contributed by atoms with Crippen molar-refractivity contribution in [3.05, 3.63) is 0 Å². The van der Waals surface area contributed by atoms with Crippen molar-refractivity contribution in [2.45, 2.75) is 11.4 Å². The van der Waals surface area contributed by atoms with Crippen molar-refractivity contribution in [3.8, 4) is 0 Å². The van der Waals surface area contributed by atoms with E-state index < -0.39 is 11.0 Å². The minimum Gasteiger partial charge on any atom is -0.442 e. The summed E-state index contributed by atoms with van der Waals surface area (Å²) in [6, 6.07) is 0. The summed E-state index contributed by atoms with van der Waals surface area (Å²) >= 11 is 2.85. The number of carbonyl (C=O) groups excluding carboxylic acids is 2. The predicted molar refractivity (Wildman–Crippen MR) is 28.4 cm³/mol. The fourth-order valence-electron chi connectivity index (χ4n) is 0.445. The maximum Gasteiger partial charge on any atom is 0.315 e. The molecule has 0 amide bonds. The van der Waals surface area contributed by atoms with Crippen LogP contribution in [-0.2, 0) is 14.3 Å². The molecule has 1 rings (SSSR count). The van der Waals surface area contributed by atoms with Crippen LogP contribution < -0.4 is 0 Å². The molecule has 1 saturated heterocycles. The van der Waals surface area contributed by atoms with Crippen molar-refractivity contribution in [3.63, 3.8) is 0 Å². The van der Waals surface area contributed by atoms with Gasteiger partial charge in [0.15, 0.2) is 5.78 Å². The lowest BCUT2D eigenvalue weighted by Gasteiger charge is -1.92. The van der Waals surface area contributed by atoms with Gasteiger partial charge in [-0.05, 0) is 15.9 Å². The van der Waals surface area contributed by atoms with Crippen LogP contribution in [0.15, 0.2) is 0 Å². The maximum atomic E-state index is 10.4. The number of cyclic esters (lactones) is 1. The molecule has 0 saturated carbocycles. The van der Waals surface area contributed by atoms with E-state index in [2.05, 4.69) is 20.7 Å². The molecule has 1 unspecified atom stereocenters. The maximum absolute atomic E-state index is 10.4. The Morgan fingerprint density at radius 3 is 2.38 bits per heavy atom. The number of Topliss-reactive ketones (excluding diaryl/α,β-unsaturated/α-hetero) is 1. The van der Waals surface area contributed by atoms with E-state index in [0.717, 1.165) is 0 Å². The van der Waals surface area contributed by atoms with Crippen LogP contribution in [0.2, 0.25) is 0 Å². The highest BCUT2D eigenvalue weighted by Gasteiger charge is 2.29. The third-order valence-electron chi connectivity index (χ3n) is 0.807. The molecule has 0 spiro atoms. The Labute approximate surface area is 54.1 Å². The van der Waals surface area contributed by atoms with Crippen LogP contribution in [0.4, 0.5) is 0 Å². The largest absolute Gasteiger partial charge is 0.442 e. The van der Waals surface area contributed by atoms with Crippen molar-refractivity contribution in [2.24, 2.45) is 0 Å². The van der Waals surface area contributed by atoms with Gasteiger partial charge in [-0.2, -0.15) is 0 Å². The van der Waals surface area contributed by atoms with Gasteiger partial charge in [0.25, 0.3) is 0 Å². The Kier molecular flexibility index (Phi) is 1.33. The second kappa shape index (κ2) is 1.85. The monoisotopic (exact) mass is 178 g/mol. The Morgan fingerprint density at radius 2 is 2.25 bits per heavy atom. The first-order chi connectivity index (χ1) is 3.70. The molecule has 0 radical (unpaired) electrons. The van der Waals surface area contributed by atoms with E-state index in [4.69, 9.17) is 0 Å². The molecular weight excluding hydrogens is 176 g/mol. The summed E-state index contributed by atoms with van der Waals surface area (Å²) in [4.78, 5) is 20.6. The zero-order valence-corrected chi connectivity index (χ0v) is 5.47. The normalized spacial score (nSPS) is 28.4. The van der Waals surface area contributed by atoms with Crippen LogP contribution in [-0.4, -0.2) is 16.8 Å². The number of hydrogen-bond donors (Lipinski definition) is 0. The van der Waals surface area contributed by atoms with Crippen LogP contribution in [0.5, 0.6) is 0 Å². The van der Waals surface area contributed by atoms with Crippen molar-refractivity contribution >= 4 is 27.7 Å². The zero-order valence-electron chi connectivity index (χ0n) is 3.89. The summed E-state index contributed by atoms with van der Waals surface area (Å²) < 4.78 is 4.40. The highest BCUT2D eigenvalue weighted by Crippen LogP contribution is 2.14. The minimum absolute atomic E-state index is 0.0874. The van der Waals surface area contributed by atoms with Gasteiger partial charge in [-0.15, -0.1) is 0 Å². The third-order valence-corrected chi connectivity index (χ3v) is 1.50. The molecule has 3 nitrogen and oxygen atoms in total. The van der Waals surface area contributed by atoms with Gasteiger partial charge in [0.05, 0.1) is 0 Å². The molecule has 0 aromatic rings. The van der Waals surface area contributed by atoms with Crippen LogP contribution in [0.25, 0.3) is 0 Å². The fraction of sp³-hybridized carbons (Fsp3) is 0.500. The van der Waals surface area contributed by atoms with E-state index in [0.29, 0.717) is 0 Å². The molecule has 1 aliphatic rings. The van der Waals surface area contributed by atoms with Gasteiger partial charge in [0, 0.05) is 0 Å². The van der Waals surface area contributed by atoms with Crippen LogP contribution >= 0.6 is 15.9 Å². The number of alkyl halides is 1. The molecular formula is C4H3BrO3. The summed E-state index contributed by atoms with van der Waals surface area (Å²) in [5.41, 5.74) is 0. The van der Waals surface area contributed by atoms with Crippen molar-refractivity contribution in [1.29, 1.82) is 0 Å². The smallest absolute Gasteiger partial charge is 0.315 e. The number of ketones is 1. The topological polar surface area (TPSA) is 43.4 Å². The van der Waals surface area contributed by atoms with E-state index >= 15 is 0 Å². The Bertz CT molecular complexity index is 142. The van der Waals surface area contributed by atoms with Gasteiger partial charge in [-0.3, -0.25) is 9.59 Å². The van der Waals surface area contributed by atoms with Crippen molar-refractivity contribution in [2.75, 3.05) is 0 Å². The summed E-state index contributed by atoms with van der Waals surface area (Å²) in [5.74, 6) is -0.646. The minimum atomic E-state index is -0.685. The number of ether oxygens (including phenoxy) is 1. The molecule has 1 heterocycles. The molecule has 0 N–H and O–H groups in total. The van der Waals surface area contributed by atoms with Crippen LogP contribution in [0.1, 0.15) is 6.42 Å². The Hall–Kier alpha value is -0.380. The van der Waals surface area contributed by atoms with E-state index in [9.17, 15) is 9.59 Å². The number of esters is 1. The summed E-state index contributed by atoms with van der Waals surface area (Å²) in [6.07, 6.45) is -0.0874. The molecule has 1 aliphatic heterocycles. The molecule has 0 bridgehead atoms. The molecule has 1 atom stereocenters. The molecule has 0 aromatic heterocycles. The molecule has 1 fully saturated rings. The van der Waals surface area contributed by atoms with E-state index in [1.54, 1.807) is 0 Å². The second-order valence-corrected chi connectivity index (χ2v) is 2.28. The van der Waals surface area contributed by atoms with Crippen molar-refractivity contribution in [1.82, 2.24) is 0 Å². The van der Waals surface area contributed by atoms with Gasteiger partial charge >= 0.3 is 5.97 Å². The second-order valence-electron chi connectivity index (χ2n) is 1.45. The van der Waals surface area contributed by atoms with Crippen molar-refractivity contribution < 1.29 is 14.3 Å². The number of halogens is 1. The number of hydrogen-bond acceptors (Lipinski definition) is 3. The first kappa shape index (κ1) is 5.75. The highest BCUT2D eigenvalue weighted by molar-refractivity contribution is 9.09. The molecule has 0 aliphatic carbocycles. The summed E-state index contributed by atoms with van der Waals surface area (Å²) in [5, 5.41) is -0.685. The molecule has 4 heteroatoms. The standard InChI is InChI=1S/C4H3BrO3/c5-4-2(6)1-3(7)8-4/h4H,1H2. The molecule has 44 valence electrons. The van der Waals surface area contributed by atoms with E-state index in [-0.39, 0.29) is 12.2 Å². The SMILES string of the molecule is O=C1CC(=O)C(Br)O1. The Morgan fingerprint density at radius 1 is 1.62 bits per heavy atom. The quantitative estimate of drug-likeness (QED) is 0.303. The zero-order chi connectivity index (χ0) is 6.15. The van der Waals surface area contributed by atoms with Gasteiger partial charge in [0.1, 0.15) is 6.42 Å². The summed E-state index contributed by atoms with van der Waals surface area (Å²) in [6.45, 7) is 0. The van der Waals surface area contributed by atoms with Gasteiger partial charge < -0.3 is 4.74 Å². The van der Waals surface area contributed by atoms with Gasteiger partial charge in [0.2, 0.25) is 5.01 Å². The summed E-state index contributed by atoms with van der Waals surface area (Å²) in [7, 11) is 0. The molecule has 0 aromatic carbocycles. The Balaban J connectivity index is 2.64. The van der Waals surface area contributed by atoms with Gasteiger partial charge in [-0.25, -0.2) is 0 Å². The average Bonchev–Trinajstić information content (AvgIpc) is 1.85. The number of carbonyl (C=O) groups is 2. The third kappa shape index (κ3) is 0.888. The van der Waals surface area contributed by atoms with Crippen LogP contribution in [0.3, 0.4) is 0 Å². The fourth-order valence-corrected chi connectivity index (χ4v) is 0.816. The highest BCUT2D eigenvalue weighted by atomic mass is 79.9. The average molecular weight is 179 g/mol. The van der Waals surface area contributed by atoms with E-state index in [1.165, 1.54) is 0 Å². The first-order valence-electron chi connectivity index (χ1n) is 2.06. The van der Waals surface area contributed by atoms with Gasteiger partial charge in [-0.1, -0.05) is 0 Å². The first-order valence-corrected chi connectivity index (χ1v) is 2.98.